The Balaban J connectivity index is 0.00000102. The Morgan fingerprint density at radius 1 is 1.07 bits per heavy atom. The van der Waals surface area contributed by atoms with E-state index in [4.69, 9.17) is 0 Å². The van der Waals surface area contributed by atoms with E-state index in [0.717, 1.165) is 15.9 Å². The molecule has 0 radical (unpaired) electrons. The first-order valence-corrected chi connectivity index (χ1v) is 9.91. The quantitative estimate of drug-likeness (QED) is 0.438. The van der Waals surface area contributed by atoms with Crippen molar-refractivity contribution in [2.24, 2.45) is 0 Å². The Kier molecular flexibility index (Phi) is 5.93. The highest BCUT2D eigenvalue weighted by Gasteiger charge is 2.11. The number of para-hydroxylation sites is 2. The molecular weight excluding hydrogens is 358 g/mol. The molecule has 0 bridgehead atoms. The van der Waals surface area contributed by atoms with Crippen LogP contribution in [0.25, 0.3) is 22.6 Å². The molecule has 6 nitrogen and oxygen atoms in total. The minimum atomic E-state index is -0.199. The number of H-pyrrole nitrogens is 2. The molecule has 138 valence electrons. The van der Waals surface area contributed by atoms with Crippen molar-refractivity contribution in [2.75, 3.05) is 11.6 Å². The summed E-state index contributed by atoms with van der Waals surface area (Å²) >= 11 is 1.64. The van der Waals surface area contributed by atoms with Crippen LogP contribution in [0.2, 0.25) is 0 Å². The molecule has 0 atom stereocenters. The summed E-state index contributed by atoms with van der Waals surface area (Å²) in [6.45, 7) is 4.00. The van der Waals surface area contributed by atoms with Crippen molar-refractivity contribution in [1.29, 1.82) is 0 Å². The molecule has 0 aliphatic rings. The zero-order valence-electron chi connectivity index (χ0n) is 15.4. The molecule has 2 aromatic heterocycles. The molecule has 27 heavy (non-hydrogen) atoms. The minimum absolute atomic E-state index is 0.199. The van der Waals surface area contributed by atoms with Crippen LogP contribution in [0.1, 0.15) is 24.2 Å². The summed E-state index contributed by atoms with van der Waals surface area (Å²) in [4.78, 5) is 21.2. The van der Waals surface area contributed by atoms with Gasteiger partial charge in [-0.15, -0.1) is 11.8 Å². The third kappa shape index (κ3) is 4.20. The maximum atomic E-state index is 12.3. The molecule has 0 saturated carbocycles. The molecule has 0 unspecified atom stereocenters. The number of aromatic nitrogens is 4. The predicted molar refractivity (Wildman–Crippen MR) is 111 cm³/mol. The molecule has 4 aromatic rings. The monoisotopic (exact) mass is 379 g/mol. The summed E-state index contributed by atoms with van der Waals surface area (Å²) in [6, 6.07) is 17.0. The lowest BCUT2D eigenvalue weighted by atomic mass is 10.2. The van der Waals surface area contributed by atoms with Gasteiger partial charge in [0.15, 0.2) is 11.6 Å². The van der Waals surface area contributed by atoms with E-state index in [1.807, 2.05) is 56.5 Å². The van der Waals surface area contributed by atoms with Gasteiger partial charge in [-0.25, -0.2) is 4.98 Å². The van der Waals surface area contributed by atoms with Crippen molar-refractivity contribution in [3.05, 3.63) is 60.2 Å². The van der Waals surface area contributed by atoms with E-state index in [0.29, 0.717) is 22.9 Å². The van der Waals surface area contributed by atoms with Crippen LogP contribution in [0.15, 0.2) is 59.5 Å². The van der Waals surface area contributed by atoms with Gasteiger partial charge in [-0.3, -0.25) is 9.89 Å². The molecule has 0 aliphatic heterocycles. The van der Waals surface area contributed by atoms with Gasteiger partial charge < -0.3 is 10.3 Å². The first kappa shape index (κ1) is 18.7. The fourth-order valence-corrected chi connectivity index (χ4v) is 2.93. The van der Waals surface area contributed by atoms with Crippen LogP contribution >= 0.6 is 11.8 Å². The van der Waals surface area contributed by atoms with Gasteiger partial charge in [-0.1, -0.05) is 26.0 Å². The fourth-order valence-electron chi connectivity index (χ4n) is 2.52. The second-order valence-electron chi connectivity index (χ2n) is 5.45. The van der Waals surface area contributed by atoms with Crippen LogP contribution < -0.4 is 5.32 Å². The Bertz CT molecular complexity index is 1000. The van der Waals surface area contributed by atoms with Crippen LogP contribution in [0.3, 0.4) is 0 Å². The highest BCUT2D eigenvalue weighted by Crippen LogP contribution is 2.21. The highest BCUT2D eigenvalue weighted by molar-refractivity contribution is 7.98. The Hall–Kier alpha value is -3.06. The van der Waals surface area contributed by atoms with Gasteiger partial charge in [0.1, 0.15) is 5.69 Å². The van der Waals surface area contributed by atoms with Crippen molar-refractivity contribution >= 4 is 34.5 Å². The number of carbonyl (C=O) groups is 1. The Morgan fingerprint density at radius 2 is 1.81 bits per heavy atom. The number of nitrogens with one attached hydrogen (secondary N) is 3. The summed E-state index contributed by atoms with van der Waals surface area (Å²) in [5, 5.41) is 9.83. The van der Waals surface area contributed by atoms with E-state index < -0.39 is 0 Å². The van der Waals surface area contributed by atoms with Crippen LogP contribution in [0.5, 0.6) is 0 Å². The lowest BCUT2D eigenvalue weighted by Gasteiger charge is -2.02. The number of hydrogen-bond donors (Lipinski definition) is 3. The molecule has 0 spiro atoms. The third-order valence-electron chi connectivity index (χ3n) is 3.82. The minimum Gasteiger partial charge on any atom is -0.337 e. The first-order valence-electron chi connectivity index (χ1n) is 8.69. The summed E-state index contributed by atoms with van der Waals surface area (Å²) in [5.41, 5.74) is 3.13. The summed E-state index contributed by atoms with van der Waals surface area (Å²) in [6.07, 6.45) is 2.00. The molecule has 0 aliphatic carbocycles. The number of fused-ring (bicyclic) bond motifs is 1. The van der Waals surface area contributed by atoms with Crippen LogP contribution in [-0.2, 0) is 0 Å². The molecule has 1 amide bonds. The van der Waals surface area contributed by atoms with Crippen molar-refractivity contribution in [2.45, 2.75) is 18.7 Å². The van der Waals surface area contributed by atoms with Gasteiger partial charge in [-0.2, -0.15) is 5.10 Å². The number of nitrogens with zero attached hydrogens (tertiary/aromatic N) is 2. The first-order chi connectivity index (χ1) is 13.2. The zero-order valence-corrected chi connectivity index (χ0v) is 16.2. The lowest BCUT2D eigenvalue weighted by Crippen LogP contribution is -2.11. The number of thioether (sulfide) groups is 1. The number of rotatable bonds is 4. The molecule has 3 N–H and O–H groups in total. The summed E-state index contributed by atoms with van der Waals surface area (Å²) in [7, 11) is 0. The average Bonchev–Trinajstić information content (AvgIpc) is 3.36. The largest absolute Gasteiger partial charge is 0.337 e. The Labute approximate surface area is 161 Å². The van der Waals surface area contributed by atoms with E-state index in [-0.39, 0.29) is 5.91 Å². The van der Waals surface area contributed by atoms with E-state index in [1.54, 1.807) is 30.0 Å². The van der Waals surface area contributed by atoms with Gasteiger partial charge >= 0.3 is 0 Å². The topological polar surface area (TPSA) is 86.5 Å². The second-order valence-corrected chi connectivity index (χ2v) is 6.33. The Morgan fingerprint density at radius 3 is 2.52 bits per heavy atom. The van der Waals surface area contributed by atoms with Crippen LogP contribution in [-0.4, -0.2) is 32.3 Å². The van der Waals surface area contributed by atoms with Crippen molar-refractivity contribution < 1.29 is 4.79 Å². The van der Waals surface area contributed by atoms with E-state index in [2.05, 4.69) is 25.5 Å². The van der Waals surface area contributed by atoms with E-state index in [1.165, 1.54) is 0 Å². The smallest absolute Gasteiger partial charge is 0.256 e. The van der Waals surface area contributed by atoms with Gasteiger partial charge in [0.25, 0.3) is 5.91 Å². The number of anilines is 1. The predicted octanol–water partition coefficient (Wildman–Crippen LogP) is 4.95. The van der Waals surface area contributed by atoms with Crippen molar-refractivity contribution in [3.63, 3.8) is 0 Å². The lowest BCUT2D eigenvalue weighted by molar-refractivity contribution is 0.102. The molecular formula is C20H21N5OS. The molecule has 7 heteroatoms. The number of imidazole rings is 1. The summed E-state index contributed by atoms with van der Waals surface area (Å²) in [5.74, 6) is 0.934. The second kappa shape index (κ2) is 8.55. The van der Waals surface area contributed by atoms with Crippen LogP contribution in [0.4, 0.5) is 5.82 Å². The van der Waals surface area contributed by atoms with E-state index >= 15 is 0 Å². The number of benzene rings is 2. The van der Waals surface area contributed by atoms with E-state index in [9.17, 15) is 4.79 Å². The van der Waals surface area contributed by atoms with Crippen molar-refractivity contribution in [1.82, 2.24) is 20.2 Å². The fraction of sp³-hybridized carbons (Fsp3) is 0.150. The molecule has 0 saturated heterocycles. The van der Waals surface area contributed by atoms with Gasteiger partial charge in [0, 0.05) is 16.5 Å². The average molecular weight is 379 g/mol. The summed E-state index contributed by atoms with van der Waals surface area (Å²) < 4.78 is 0. The molecule has 4 rings (SSSR count). The number of aromatic amines is 2. The maximum absolute atomic E-state index is 12.3. The number of hydrogen-bond acceptors (Lipinski definition) is 4. The van der Waals surface area contributed by atoms with Gasteiger partial charge in [0.2, 0.25) is 0 Å². The third-order valence-corrected chi connectivity index (χ3v) is 4.56. The SMILES string of the molecule is CC.CSc1ccc(C(=O)Nc2cc(-c3nc4ccccc4[nH]3)[nH]n2)cc1. The maximum Gasteiger partial charge on any atom is 0.256 e. The molecule has 2 heterocycles. The van der Waals surface area contributed by atoms with Crippen molar-refractivity contribution in [3.8, 4) is 11.5 Å². The van der Waals surface area contributed by atoms with Crippen LogP contribution in [0, 0.1) is 0 Å². The number of carbonyl (C=O) groups excluding carboxylic acids is 1. The number of amides is 1. The molecule has 0 fully saturated rings. The highest BCUT2D eigenvalue weighted by atomic mass is 32.2. The van der Waals surface area contributed by atoms with Gasteiger partial charge in [0.05, 0.1) is 11.0 Å². The zero-order chi connectivity index (χ0) is 19.2. The van der Waals surface area contributed by atoms with Gasteiger partial charge in [-0.05, 0) is 42.7 Å². The molecule has 2 aromatic carbocycles. The normalized spacial score (nSPS) is 10.3. The standard InChI is InChI=1S/C18H15N5OS.C2H6/c1-25-12-8-6-11(7-9-12)18(24)21-16-10-15(22-23-16)17-19-13-4-2-3-5-14(13)20-17;1-2/h2-10H,1H3,(H,19,20)(H2,21,22,23,24);1-2H3.